The Morgan fingerprint density at radius 1 is 1.16 bits per heavy atom. The number of amidine groups is 1. The number of piperidine rings is 1. The number of hydrogen-bond acceptors (Lipinski definition) is 3. The molecule has 0 amide bonds. The van der Waals surface area contributed by atoms with Crippen molar-refractivity contribution in [2.75, 3.05) is 19.0 Å². The summed E-state index contributed by atoms with van der Waals surface area (Å²) in [6.45, 7) is 1.09. The van der Waals surface area contributed by atoms with E-state index in [1.54, 1.807) is 0 Å². The van der Waals surface area contributed by atoms with Crippen LogP contribution in [0.25, 0.3) is 10.9 Å². The second-order valence-electron chi connectivity index (χ2n) is 4.91. The number of hydrogen-bond donors (Lipinski definition) is 1. The summed E-state index contributed by atoms with van der Waals surface area (Å²) in [6, 6.07) is 12.1. The monoisotopic (exact) mass is 254 g/mol. The zero-order valence-electron chi connectivity index (χ0n) is 11.1. The van der Waals surface area contributed by atoms with Crippen LogP contribution in [0.1, 0.15) is 19.3 Å². The first kappa shape index (κ1) is 12.0. The molecule has 0 saturated carbocycles. The molecule has 98 valence electrons. The number of likely N-dealkylation sites (tertiary alicyclic amines) is 1. The highest BCUT2D eigenvalue weighted by molar-refractivity contribution is 5.84. The van der Waals surface area contributed by atoms with Crippen molar-refractivity contribution in [2.24, 2.45) is 5.10 Å². The van der Waals surface area contributed by atoms with Crippen LogP contribution in [0, 0.1) is 0 Å². The predicted molar refractivity (Wildman–Crippen MR) is 79.3 cm³/mol. The second-order valence-corrected chi connectivity index (χ2v) is 4.91. The van der Waals surface area contributed by atoms with Crippen molar-refractivity contribution < 1.29 is 0 Å². The van der Waals surface area contributed by atoms with Gasteiger partial charge < -0.3 is 4.90 Å². The van der Waals surface area contributed by atoms with E-state index < -0.39 is 0 Å². The zero-order valence-corrected chi connectivity index (χ0v) is 11.1. The van der Waals surface area contributed by atoms with E-state index in [4.69, 9.17) is 0 Å². The van der Waals surface area contributed by atoms with E-state index in [0.29, 0.717) is 0 Å². The van der Waals surface area contributed by atoms with Gasteiger partial charge in [-0.05, 0) is 31.0 Å². The van der Waals surface area contributed by atoms with Crippen LogP contribution < -0.4 is 5.43 Å². The van der Waals surface area contributed by atoms with Gasteiger partial charge in [-0.3, -0.25) is 5.43 Å². The molecule has 4 heteroatoms. The normalized spacial score (nSPS) is 17.9. The van der Waals surface area contributed by atoms with Crippen LogP contribution in [0.2, 0.25) is 0 Å². The van der Waals surface area contributed by atoms with Crippen LogP contribution in [0.3, 0.4) is 0 Å². The van der Waals surface area contributed by atoms with Crippen LogP contribution in [-0.4, -0.2) is 29.3 Å². The Kier molecular flexibility index (Phi) is 3.31. The molecule has 1 aliphatic heterocycles. The lowest BCUT2D eigenvalue weighted by molar-refractivity contribution is 0.433. The van der Waals surface area contributed by atoms with E-state index in [9.17, 15) is 0 Å². The van der Waals surface area contributed by atoms with Crippen LogP contribution in [0.4, 0.5) is 5.82 Å². The smallest absolute Gasteiger partial charge is 0.146 e. The van der Waals surface area contributed by atoms with Crippen LogP contribution in [0.5, 0.6) is 0 Å². The molecular formula is C15H18N4. The van der Waals surface area contributed by atoms with Gasteiger partial charge in [-0.25, -0.2) is 4.98 Å². The largest absolute Gasteiger partial charge is 0.362 e. The number of hydrazone groups is 1. The number of aromatic nitrogens is 1. The summed E-state index contributed by atoms with van der Waals surface area (Å²) < 4.78 is 0. The number of para-hydroxylation sites is 1. The standard InChI is InChI=1S/C15H18N4/c1-19-11-5-4-8-15(19)18-17-14-10-9-12-6-2-3-7-13(12)16-14/h2-3,6-7,9-10H,4-5,8,11H2,1H3,(H,16,17)/b18-15-. The molecule has 4 nitrogen and oxygen atoms in total. The van der Waals surface area contributed by atoms with E-state index in [0.717, 1.165) is 35.5 Å². The van der Waals surface area contributed by atoms with Crippen molar-refractivity contribution in [3.8, 4) is 0 Å². The summed E-state index contributed by atoms with van der Waals surface area (Å²) >= 11 is 0. The maximum absolute atomic E-state index is 4.55. The van der Waals surface area contributed by atoms with Crippen molar-refractivity contribution in [1.29, 1.82) is 0 Å². The molecule has 1 aromatic carbocycles. The first-order chi connectivity index (χ1) is 9.33. The predicted octanol–water partition coefficient (Wildman–Crippen LogP) is 3.08. The second kappa shape index (κ2) is 5.26. The number of benzene rings is 1. The van der Waals surface area contributed by atoms with Gasteiger partial charge in [-0.1, -0.05) is 18.2 Å². The van der Waals surface area contributed by atoms with Gasteiger partial charge in [0.15, 0.2) is 0 Å². The van der Waals surface area contributed by atoms with Gasteiger partial charge in [0, 0.05) is 25.4 Å². The quantitative estimate of drug-likeness (QED) is 0.837. The first-order valence-electron chi connectivity index (χ1n) is 6.72. The van der Waals surface area contributed by atoms with Gasteiger partial charge >= 0.3 is 0 Å². The van der Waals surface area contributed by atoms with Crippen molar-refractivity contribution in [3.05, 3.63) is 36.4 Å². The molecule has 1 N–H and O–H groups in total. The fraction of sp³-hybridized carbons (Fsp3) is 0.333. The number of fused-ring (bicyclic) bond motifs is 1. The molecule has 2 heterocycles. The van der Waals surface area contributed by atoms with Crippen molar-refractivity contribution in [1.82, 2.24) is 9.88 Å². The number of rotatable bonds is 2. The van der Waals surface area contributed by atoms with Gasteiger partial charge in [-0.2, -0.15) is 5.10 Å². The van der Waals surface area contributed by atoms with E-state index in [-0.39, 0.29) is 0 Å². The van der Waals surface area contributed by atoms with Gasteiger partial charge in [0.1, 0.15) is 11.7 Å². The van der Waals surface area contributed by atoms with Crippen molar-refractivity contribution in [3.63, 3.8) is 0 Å². The summed E-state index contributed by atoms with van der Waals surface area (Å²) in [5.41, 5.74) is 4.06. The maximum atomic E-state index is 4.55. The highest BCUT2D eigenvalue weighted by Gasteiger charge is 2.11. The summed E-state index contributed by atoms with van der Waals surface area (Å²) in [5, 5.41) is 5.62. The Hall–Kier alpha value is -2.10. The van der Waals surface area contributed by atoms with E-state index >= 15 is 0 Å². The van der Waals surface area contributed by atoms with Gasteiger partial charge in [0.25, 0.3) is 0 Å². The van der Waals surface area contributed by atoms with Crippen molar-refractivity contribution in [2.45, 2.75) is 19.3 Å². The molecule has 0 unspecified atom stereocenters. The molecule has 1 fully saturated rings. The molecular weight excluding hydrogens is 236 g/mol. The minimum atomic E-state index is 0.796. The van der Waals surface area contributed by atoms with Gasteiger partial charge in [0.05, 0.1) is 5.52 Å². The SMILES string of the molecule is CN1CCCC/C1=N/Nc1ccc2ccccc2n1. The zero-order chi connectivity index (χ0) is 13.1. The summed E-state index contributed by atoms with van der Waals surface area (Å²) in [6.07, 6.45) is 3.51. The molecule has 0 bridgehead atoms. The van der Waals surface area contributed by atoms with Crippen molar-refractivity contribution >= 4 is 22.6 Å². The minimum absolute atomic E-state index is 0.796. The molecule has 0 radical (unpaired) electrons. The Balaban J connectivity index is 1.79. The average Bonchev–Trinajstić information content (AvgIpc) is 2.46. The van der Waals surface area contributed by atoms with E-state index in [1.165, 1.54) is 12.8 Å². The van der Waals surface area contributed by atoms with Crippen LogP contribution in [0.15, 0.2) is 41.5 Å². The van der Waals surface area contributed by atoms with Gasteiger partial charge in [0.2, 0.25) is 0 Å². The Morgan fingerprint density at radius 2 is 2.05 bits per heavy atom. The minimum Gasteiger partial charge on any atom is -0.362 e. The molecule has 0 aliphatic carbocycles. The topological polar surface area (TPSA) is 40.5 Å². The Morgan fingerprint density at radius 3 is 2.95 bits per heavy atom. The molecule has 1 saturated heterocycles. The lowest BCUT2D eigenvalue weighted by atomic mass is 10.1. The lowest BCUT2D eigenvalue weighted by Crippen LogP contribution is -2.32. The molecule has 0 spiro atoms. The molecule has 1 aromatic heterocycles. The lowest BCUT2D eigenvalue weighted by Gasteiger charge is -2.25. The number of anilines is 1. The molecule has 19 heavy (non-hydrogen) atoms. The fourth-order valence-electron chi connectivity index (χ4n) is 2.34. The summed E-state index contributed by atoms with van der Waals surface area (Å²) in [7, 11) is 2.09. The maximum Gasteiger partial charge on any atom is 0.146 e. The molecule has 2 aromatic rings. The first-order valence-corrected chi connectivity index (χ1v) is 6.72. The van der Waals surface area contributed by atoms with E-state index in [2.05, 4.69) is 39.6 Å². The average molecular weight is 254 g/mol. The number of pyridine rings is 1. The third kappa shape index (κ3) is 2.67. The highest BCUT2D eigenvalue weighted by Crippen LogP contribution is 2.15. The Bertz CT molecular complexity index is 606. The highest BCUT2D eigenvalue weighted by atomic mass is 15.4. The Labute approximate surface area is 113 Å². The third-order valence-corrected chi connectivity index (χ3v) is 3.48. The fourth-order valence-corrected chi connectivity index (χ4v) is 2.34. The molecule has 0 atom stereocenters. The number of nitrogens with zero attached hydrogens (tertiary/aromatic N) is 3. The number of nitrogens with one attached hydrogen (secondary N) is 1. The van der Waals surface area contributed by atoms with Gasteiger partial charge in [-0.15, -0.1) is 0 Å². The molecule has 3 rings (SSSR count). The van der Waals surface area contributed by atoms with Crippen LogP contribution >= 0.6 is 0 Å². The molecule has 1 aliphatic rings. The summed E-state index contributed by atoms with van der Waals surface area (Å²) in [4.78, 5) is 6.75. The van der Waals surface area contributed by atoms with E-state index in [1.807, 2.05) is 24.3 Å². The van der Waals surface area contributed by atoms with Crippen LogP contribution in [-0.2, 0) is 0 Å². The third-order valence-electron chi connectivity index (χ3n) is 3.48. The summed E-state index contributed by atoms with van der Waals surface area (Å²) in [5.74, 6) is 1.91.